The predicted molar refractivity (Wildman–Crippen MR) is 169 cm³/mol. The van der Waals surface area contributed by atoms with Crippen molar-refractivity contribution < 1.29 is 13.2 Å². The lowest BCUT2D eigenvalue weighted by Crippen LogP contribution is -2.30. The van der Waals surface area contributed by atoms with Crippen LogP contribution in [0.4, 0.5) is 11.5 Å². The Hall–Kier alpha value is -3.53. The van der Waals surface area contributed by atoms with Crippen molar-refractivity contribution in [1.82, 2.24) is 30.4 Å². The highest BCUT2D eigenvalue weighted by Gasteiger charge is 2.28. The Balaban J connectivity index is 1.71. The number of carbonyl (C=O) groups excluding carboxylic acids is 1. The number of primary sulfonamides is 1. The maximum Gasteiger partial charge on any atom is 0.264 e. The molecule has 0 aliphatic carbocycles. The number of hydrogen-bond donors (Lipinski definition) is 5. The Labute approximate surface area is 258 Å². The quantitative estimate of drug-likeness (QED) is 0.144. The second-order valence-electron chi connectivity index (χ2n) is 10.4. The van der Waals surface area contributed by atoms with Gasteiger partial charge in [-0.3, -0.25) is 14.7 Å². The number of aromatic nitrogens is 4. The van der Waals surface area contributed by atoms with E-state index in [1.165, 1.54) is 12.1 Å². The molecule has 0 saturated heterocycles. The summed E-state index contributed by atoms with van der Waals surface area (Å²) < 4.78 is 24.0. The van der Waals surface area contributed by atoms with Crippen LogP contribution in [0, 0.1) is 0 Å². The average molecular weight is 651 g/mol. The van der Waals surface area contributed by atoms with E-state index in [2.05, 4.69) is 35.7 Å². The van der Waals surface area contributed by atoms with E-state index in [0.717, 1.165) is 13.0 Å². The van der Waals surface area contributed by atoms with Crippen LogP contribution in [0.15, 0.2) is 46.1 Å². The molecule has 0 fully saturated rings. The van der Waals surface area contributed by atoms with Crippen molar-refractivity contribution in [3.8, 4) is 0 Å². The van der Waals surface area contributed by atoms with E-state index in [0.29, 0.717) is 29.2 Å². The Bertz CT molecular complexity index is 1770. The normalized spacial score (nSPS) is 12.6. The van der Waals surface area contributed by atoms with E-state index in [1.54, 1.807) is 43.3 Å². The molecule has 0 spiro atoms. The summed E-state index contributed by atoms with van der Waals surface area (Å²) in [4.78, 5) is 36.6. The smallest absolute Gasteiger partial charge is 0.264 e. The lowest BCUT2D eigenvalue weighted by Gasteiger charge is -2.21. The molecule has 16 heteroatoms. The van der Waals surface area contributed by atoms with Crippen LogP contribution < -0.4 is 26.2 Å². The molecule has 2 aromatic carbocycles. The fourth-order valence-electron chi connectivity index (χ4n) is 4.55. The summed E-state index contributed by atoms with van der Waals surface area (Å²) in [5.74, 6) is -0.461. The molecule has 4 aromatic rings. The molecule has 2 aromatic heterocycles. The highest BCUT2D eigenvalue weighted by Crippen LogP contribution is 2.40. The van der Waals surface area contributed by atoms with Crippen LogP contribution in [0.1, 0.15) is 29.3 Å². The van der Waals surface area contributed by atoms with Crippen LogP contribution in [0.25, 0.3) is 11.0 Å². The molecular formula is C27H33Cl2N9O4S. The number of hydrogen-bond acceptors (Lipinski definition) is 9. The largest absolute Gasteiger partial charge is 0.361 e. The number of halogens is 2. The first-order chi connectivity index (χ1) is 20.3. The van der Waals surface area contributed by atoms with Gasteiger partial charge in [-0.1, -0.05) is 35.3 Å². The van der Waals surface area contributed by atoms with Gasteiger partial charge in [0.25, 0.3) is 5.56 Å². The standard InChI is InChI=1S/C27H33Cl2N9O4S/c1-37(2)11-5-10-31-14-20(39)32-16-8-6-15(7-9-16)21(22-18(28)12-17(13-19(22)29)43(30,41)42)24-33-25-23(27(40)34-24)26(36-35-25)38(3)4/h6-9,12-13,21,31H,5,10-11,14H2,1-4H3,(H,32,39)(H2,30,41,42)(H2,33,34,35,36,40). The number of fused-ring (bicyclic) bond motifs is 1. The number of benzene rings is 2. The zero-order valence-corrected chi connectivity index (χ0v) is 26.4. The zero-order chi connectivity index (χ0) is 31.5. The van der Waals surface area contributed by atoms with Crippen LogP contribution in [0.3, 0.4) is 0 Å². The monoisotopic (exact) mass is 649 g/mol. The van der Waals surface area contributed by atoms with E-state index in [4.69, 9.17) is 28.3 Å². The summed E-state index contributed by atoms with van der Waals surface area (Å²) in [5.41, 5.74) is 1.23. The molecule has 1 amide bonds. The average Bonchev–Trinajstić information content (AvgIpc) is 3.35. The minimum absolute atomic E-state index is 0.000539. The first kappa shape index (κ1) is 32.4. The van der Waals surface area contributed by atoms with Crippen molar-refractivity contribution in [3.05, 3.63) is 73.7 Å². The number of carbonyl (C=O) groups is 1. The molecule has 0 radical (unpaired) electrons. The van der Waals surface area contributed by atoms with Crippen molar-refractivity contribution in [2.45, 2.75) is 17.2 Å². The number of H-pyrrole nitrogens is 2. The maximum absolute atomic E-state index is 13.2. The van der Waals surface area contributed by atoms with Gasteiger partial charge in [0.15, 0.2) is 11.5 Å². The van der Waals surface area contributed by atoms with Crippen molar-refractivity contribution in [1.29, 1.82) is 0 Å². The zero-order valence-electron chi connectivity index (χ0n) is 24.0. The number of rotatable bonds is 12. The van der Waals surface area contributed by atoms with Crippen molar-refractivity contribution in [2.75, 3.05) is 58.0 Å². The van der Waals surface area contributed by atoms with Gasteiger partial charge >= 0.3 is 0 Å². The first-order valence-corrected chi connectivity index (χ1v) is 15.5. The SMILES string of the molecule is CN(C)CCCNCC(=O)Nc1ccc(C(c2nc3[nH]nc(N(C)C)c3c(=O)[nH]2)c2c(Cl)cc(S(N)(=O)=O)cc2Cl)cc1. The second kappa shape index (κ2) is 13.4. The molecule has 0 bridgehead atoms. The topological polar surface area (TPSA) is 182 Å². The number of aromatic amines is 2. The lowest BCUT2D eigenvalue weighted by molar-refractivity contribution is -0.115. The van der Waals surface area contributed by atoms with Crippen LogP contribution in [-0.2, 0) is 14.8 Å². The van der Waals surface area contributed by atoms with Gasteiger partial charge in [0.05, 0.1) is 17.4 Å². The van der Waals surface area contributed by atoms with E-state index < -0.39 is 21.5 Å². The minimum Gasteiger partial charge on any atom is -0.361 e. The Kier molecular flexibility index (Phi) is 10.1. The number of amides is 1. The summed E-state index contributed by atoms with van der Waals surface area (Å²) in [5, 5.41) is 18.5. The molecule has 1 atom stereocenters. The van der Waals surface area contributed by atoms with Crippen molar-refractivity contribution in [2.24, 2.45) is 5.14 Å². The highest BCUT2D eigenvalue weighted by molar-refractivity contribution is 7.89. The van der Waals surface area contributed by atoms with Crippen LogP contribution in [0.5, 0.6) is 0 Å². The lowest BCUT2D eigenvalue weighted by atomic mass is 9.90. The maximum atomic E-state index is 13.2. The molecular weight excluding hydrogens is 617 g/mol. The van der Waals surface area contributed by atoms with Gasteiger partial charge in [-0.25, -0.2) is 18.5 Å². The molecule has 0 aliphatic rings. The summed E-state index contributed by atoms with van der Waals surface area (Å²) in [6.07, 6.45) is 0.913. The minimum atomic E-state index is -4.10. The molecule has 2 heterocycles. The number of nitrogens with one attached hydrogen (secondary N) is 4. The van der Waals surface area contributed by atoms with Gasteiger partial charge < -0.3 is 25.4 Å². The second-order valence-corrected chi connectivity index (χ2v) is 12.8. The number of anilines is 2. The van der Waals surface area contributed by atoms with Crippen LogP contribution >= 0.6 is 23.2 Å². The fraction of sp³-hybridized carbons (Fsp3) is 0.333. The Morgan fingerprint density at radius 3 is 2.33 bits per heavy atom. The highest BCUT2D eigenvalue weighted by atomic mass is 35.5. The van der Waals surface area contributed by atoms with E-state index in [9.17, 15) is 18.0 Å². The van der Waals surface area contributed by atoms with Gasteiger partial charge in [-0.15, -0.1) is 0 Å². The molecule has 0 saturated carbocycles. The molecule has 43 heavy (non-hydrogen) atoms. The van der Waals surface area contributed by atoms with E-state index in [-0.39, 0.29) is 44.3 Å². The first-order valence-electron chi connectivity index (χ1n) is 13.2. The fourth-order valence-corrected chi connectivity index (χ4v) is 5.95. The van der Waals surface area contributed by atoms with Gasteiger partial charge in [-0.2, -0.15) is 5.10 Å². The number of nitrogens with zero attached hydrogens (tertiary/aromatic N) is 4. The molecule has 4 rings (SSSR count). The Morgan fingerprint density at radius 2 is 1.74 bits per heavy atom. The molecule has 6 N–H and O–H groups in total. The molecule has 230 valence electrons. The molecule has 1 unspecified atom stereocenters. The third-order valence-electron chi connectivity index (χ3n) is 6.57. The summed E-state index contributed by atoms with van der Waals surface area (Å²) in [6, 6.07) is 9.25. The van der Waals surface area contributed by atoms with Crippen LogP contribution in [0.2, 0.25) is 10.0 Å². The van der Waals surface area contributed by atoms with Crippen molar-refractivity contribution >= 4 is 61.7 Å². The Morgan fingerprint density at radius 1 is 1.09 bits per heavy atom. The summed E-state index contributed by atoms with van der Waals surface area (Å²) in [6.45, 7) is 1.78. The van der Waals surface area contributed by atoms with Gasteiger partial charge in [0, 0.05) is 35.4 Å². The van der Waals surface area contributed by atoms with Gasteiger partial charge in [0.2, 0.25) is 15.9 Å². The van der Waals surface area contributed by atoms with E-state index in [1.807, 2.05) is 14.1 Å². The number of sulfonamides is 1. The third-order valence-corrected chi connectivity index (χ3v) is 8.09. The van der Waals surface area contributed by atoms with E-state index >= 15 is 0 Å². The van der Waals surface area contributed by atoms with Crippen LogP contribution in [-0.4, -0.2) is 87.2 Å². The molecule has 13 nitrogen and oxygen atoms in total. The van der Waals surface area contributed by atoms with Gasteiger partial charge in [-0.05, 0) is 63.4 Å². The molecule has 0 aliphatic heterocycles. The van der Waals surface area contributed by atoms with Crippen molar-refractivity contribution in [3.63, 3.8) is 0 Å². The third kappa shape index (κ3) is 7.71. The number of nitrogens with two attached hydrogens (primary N) is 1. The summed E-state index contributed by atoms with van der Waals surface area (Å²) in [7, 11) is 3.39. The summed E-state index contributed by atoms with van der Waals surface area (Å²) >= 11 is 13.2. The predicted octanol–water partition coefficient (Wildman–Crippen LogP) is 2.33. The van der Waals surface area contributed by atoms with Gasteiger partial charge in [0.1, 0.15) is 11.2 Å².